The predicted octanol–water partition coefficient (Wildman–Crippen LogP) is -4.91. The van der Waals surface area contributed by atoms with Gasteiger partial charge in [-0.15, -0.1) is 0 Å². The molecule has 34 heavy (non-hydrogen) atoms. The van der Waals surface area contributed by atoms with Crippen LogP contribution in [0, 0.1) is 0 Å². The first-order valence-corrected chi connectivity index (χ1v) is 12.6. The van der Waals surface area contributed by atoms with Gasteiger partial charge in [-0.2, -0.15) is 0 Å². The lowest BCUT2D eigenvalue weighted by Gasteiger charge is -2.48. The van der Waals surface area contributed by atoms with E-state index in [1.54, 1.807) is 0 Å². The van der Waals surface area contributed by atoms with Crippen LogP contribution < -0.4 is 5.73 Å². The zero-order valence-corrected chi connectivity index (χ0v) is 19.4. The number of hydrogen-bond acceptors (Lipinski definition) is 16. The van der Waals surface area contributed by atoms with Crippen molar-refractivity contribution in [1.29, 1.82) is 0 Å². The lowest BCUT2D eigenvalue weighted by Crippen LogP contribution is -2.66. The highest BCUT2D eigenvalue weighted by Gasteiger charge is 2.57. The molecule has 0 aromatic rings. The predicted molar refractivity (Wildman–Crippen MR) is 114 cm³/mol. The molecule has 0 saturated carbocycles. The molecule has 2 saturated heterocycles. The van der Waals surface area contributed by atoms with Crippen LogP contribution >= 0.6 is 21.6 Å². The average Bonchev–Trinajstić information content (AvgIpc) is 2.82. The summed E-state index contributed by atoms with van der Waals surface area (Å²) in [6, 6.07) is 0. The third kappa shape index (κ3) is 6.69. The summed E-state index contributed by atoms with van der Waals surface area (Å²) in [6.07, 6.45) is -18.3. The highest BCUT2D eigenvalue weighted by molar-refractivity contribution is 8.76. The Morgan fingerprint density at radius 3 is 2.21 bits per heavy atom. The molecule has 15 nitrogen and oxygen atoms in total. The van der Waals surface area contributed by atoms with E-state index in [-0.39, 0.29) is 11.8 Å². The van der Waals surface area contributed by atoms with Crippen molar-refractivity contribution in [3.63, 3.8) is 0 Å². The fourth-order valence-corrected chi connectivity index (χ4v) is 4.61. The van der Waals surface area contributed by atoms with Gasteiger partial charge in [0, 0.05) is 12.3 Å². The number of carboxylic acids is 1. The van der Waals surface area contributed by atoms with Gasteiger partial charge in [-0.1, -0.05) is 21.6 Å². The van der Waals surface area contributed by atoms with Gasteiger partial charge in [0.2, 0.25) is 0 Å². The molecule has 2 aliphatic heterocycles. The number of carboxylic acid groups (broad SMARTS) is 1. The number of aliphatic hydroxyl groups excluding tert-OH is 8. The van der Waals surface area contributed by atoms with E-state index in [4.69, 9.17) is 29.8 Å². The molecule has 2 heterocycles. The summed E-state index contributed by atoms with van der Waals surface area (Å²) in [7, 11) is 2.23. The number of ether oxygens (including phenoxy) is 4. The van der Waals surface area contributed by atoms with Crippen LogP contribution in [0.3, 0.4) is 0 Å². The maximum Gasteiger partial charge on any atom is 0.364 e. The molecular weight excluding hydrogens is 506 g/mol. The van der Waals surface area contributed by atoms with E-state index in [0.29, 0.717) is 0 Å². The highest BCUT2D eigenvalue weighted by atomic mass is 33.1. The van der Waals surface area contributed by atoms with Crippen molar-refractivity contribution in [3.05, 3.63) is 0 Å². The Kier molecular flexibility index (Phi) is 11.7. The second kappa shape index (κ2) is 13.3. The van der Waals surface area contributed by atoms with E-state index >= 15 is 0 Å². The van der Waals surface area contributed by atoms with Crippen LogP contribution in [-0.4, -0.2) is 144 Å². The van der Waals surface area contributed by atoms with E-state index in [2.05, 4.69) is 0 Å². The summed E-state index contributed by atoms with van der Waals surface area (Å²) >= 11 is 0. The molecule has 0 spiro atoms. The Hall–Kier alpha value is -0.350. The number of nitrogens with two attached hydrogens (primary N) is 1. The second-order valence-corrected chi connectivity index (χ2v) is 10.1. The zero-order chi connectivity index (χ0) is 25.6. The Bertz CT molecular complexity index is 651. The fraction of sp³-hybridized carbons (Fsp3) is 0.941. The minimum atomic E-state index is -2.43. The molecule has 0 aromatic heterocycles. The maximum atomic E-state index is 12.0. The van der Waals surface area contributed by atoms with Crippen molar-refractivity contribution in [2.45, 2.75) is 73.4 Å². The second-order valence-electron chi connectivity index (χ2n) is 7.62. The first-order valence-electron chi connectivity index (χ1n) is 10.1. The quantitative estimate of drug-likeness (QED) is 0.0635. The standard InChI is InChI=1S/C17H31NO14S2/c18-4-33-34-5-29-17(16(27)28)1-6(21)13(14(32-17)8(23)3-20)31-15-11(26)9(24)10(25)12(30-15)7(22)2-19/h6-15,19-26H,1-5,18H2,(H,27,28)/t6-,7+,8-,9+,10+,11?,12?,13-,14?,15-,17-/m1/s1. The SMILES string of the molecule is NCSSCO[C@]1(C(=O)O)C[C@@H](O)[C@@H](O[C@H]2OC([C@@H](O)CO)[C@@H](O)[C@H](O)C2O)C([C@H](O)CO)O1. The van der Waals surface area contributed by atoms with Crippen LogP contribution in [0.5, 0.6) is 0 Å². The monoisotopic (exact) mass is 537 g/mol. The molecule has 11 atom stereocenters. The highest BCUT2D eigenvalue weighted by Crippen LogP contribution is 2.37. The minimum absolute atomic E-state index is 0.218. The molecule has 0 aliphatic carbocycles. The van der Waals surface area contributed by atoms with Gasteiger partial charge >= 0.3 is 5.97 Å². The van der Waals surface area contributed by atoms with Crippen LogP contribution in [0.15, 0.2) is 0 Å². The Balaban J connectivity index is 2.26. The Morgan fingerprint density at radius 1 is 1.03 bits per heavy atom. The van der Waals surface area contributed by atoms with Gasteiger partial charge in [0.05, 0.1) is 19.3 Å². The van der Waals surface area contributed by atoms with Crippen molar-refractivity contribution in [3.8, 4) is 0 Å². The molecule has 2 rings (SSSR count). The van der Waals surface area contributed by atoms with Crippen LogP contribution in [0.4, 0.5) is 0 Å². The van der Waals surface area contributed by atoms with Gasteiger partial charge in [0.1, 0.15) is 54.8 Å². The third-order valence-corrected chi connectivity index (χ3v) is 7.07. The van der Waals surface area contributed by atoms with Crippen molar-refractivity contribution in [2.24, 2.45) is 5.73 Å². The van der Waals surface area contributed by atoms with Gasteiger partial charge in [0.25, 0.3) is 5.79 Å². The smallest absolute Gasteiger partial charge is 0.364 e. The van der Waals surface area contributed by atoms with Crippen LogP contribution in [0.2, 0.25) is 0 Å². The van der Waals surface area contributed by atoms with E-state index in [1.165, 1.54) is 10.8 Å². The fourth-order valence-electron chi connectivity index (χ4n) is 3.57. The Morgan fingerprint density at radius 2 is 1.65 bits per heavy atom. The topological polar surface area (TPSA) is 262 Å². The normalized spacial score (nSPS) is 40.6. The largest absolute Gasteiger partial charge is 0.477 e. The minimum Gasteiger partial charge on any atom is -0.477 e. The van der Waals surface area contributed by atoms with Crippen molar-refractivity contribution >= 4 is 27.6 Å². The zero-order valence-electron chi connectivity index (χ0n) is 17.8. The Labute approximate surface area is 201 Å². The van der Waals surface area contributed by atoms with Gasteiger partial charge in [0.15, 0.2) is 6.29 Å². The summed E-state index contributed by atoms with van der Waals surface area (Å²) in [5.41, 5.74) is 5.34. The van der Waals surface area contributed by atoms with Gasteiger partial charge in [-0.25, -0.2) is 4.79 Å². The summed E-state index contributed by atoms with van der Waals surface area (Å²) in [5, 5.41) is 89.5. The third-order valence-electron chi connectivity index (χ3n) is 5.36. The lowest BCUT2D eigenvalue weighted by atomic mass is 9.91. The summed E-state index contributed by atoms with van der Waals surface area (Å²) in [4.78, 5) is 12.0. The number of carbonyl (C=O) groups is 1. The van der Waals surface area contributed by atoms with Crippen LogP contribution in [0.1, 0.15) is 6.42 Å². The van der Waals surface area contributed by atoms with Crippen molar-refractivity contribution < 1.29 is 69.7 Å². The van der Waals surface area contributed by atoms with E-state index in [9.17, 15) is 45.6 Å². The summed E-state index contributed by atoms with van der Waals surface area (Å²) in [5.74, 6) is -4.06. The van der Waals surface area contributed by atoms with E-state index < -0.39 is 92.6 Å². The first-order chi connectivity index (χ1) is 16.0. The molecule has 2 aliphatic rings. The van der Waals surface area contributed by atoms with E-state index in [0.717, 1.165) is 10.8 Å². The molecule has 0 bridgehead atoms. The van der Waals surface area contributed by atoms with Gasteiger partial charge in [-0.3, -0.25) is 0 Å². The van der Waals surface area contributed by atoms with Crippen molar-refractivity contribution in [1.82, 2.24) is 0 Å². The molecule has 0 radical (unpaired) electrons. The lowest BCUT2D eigenvalue weighted by molar-refractivity contribution is -0.367. The average molecular weight is 538 g/mol. The van der Waals surface area contributed by atoms with Crippen LogP contribution in [0.25, 0.3) is 0 Å². The molecule has 17 heteroatoms. The molecule has 3 unspecified atom stereocenters. The first kappa shape index (κ1) is 29.9. The molecule has 0 aromatic carbocycles. The number of aliphatic hydroxyl groups is 8. The molecule has 200 valence electrons. The van der Waals surface area contributed by atoms with Gasteiger partial charge in [-0.05, 0) is 0 Å². The molecule has 2 fully saturated rings. The molecule has 11 N–H and O–H groups in total. The number of hydrogen-bond donors (Lipinski definition) is 10. The summed E-state index contributed by atoms with van der Waals surface area (Å²) in [6.45, 7) is -1.80. The summed E-state index contributed by atoms with van der Waals surface area (Å²) < 4.78 is 21.6. The van der Waals surface area contributed by atoms with Crippen molar-refractivity contribution in [2.75, 3.05) is 25.0 Å². The number of rotatable bonds is 12. The van der Waals surface area contributed by atoms with Crippen LogP contribution in [-0.2, 0) is 23.7 Å². The molecule has 0 amide bonds. The molecular formula is C17H31NO14S2. The number of aliphatic carboxylic acids is 1. The van der Waals surface area contributed by atoms with Gasteiger partial charge < -0.3 is 70.6 Å². The van der Waals surface area contributed by atoms with E-state index in [1.807, 2.05) is 0 Å². The maximum absolute atomic E-state index is 12.0.